The number of ether oxygens (including phenoxy) is 1. The maximum atomic E-state index is 11.8. The molecule has 25 heavy (non-hydrogen) atoms. The Morgan fingerprint density at radius 1 is 0.680 bits per heavy atom. The number of hydrogen-bond donors (Lipinski definition) is 0. The molecule has 0 aromatic carbocycles. The van der Waals surface area contributed by atoms with Crippen molar-refractivity contribution < 1.29 is 14.3 Å². The van der Waals surface area contributed by atoms with Crippen LogP contribution in [0.15, 0.2) is 0 Å². The Bertz CT molecular complexity index is 325. The zero-order chi connectivity index (χ0) is 18.8. The van der Waals surface area contributed by atoms with Gasteiger partial charge in [0.05, 0.1) is 7.11 Å². The summed E-state index contributed by atoms with van der Waals surface area (Å²) in [6.07, 6.45) is 20.3. The number of carbonyl (C=O) groups is 2. The van der Waals surface area contributed by atoms with E-state index < -0.39 is 11.9 Å². The first-order valence-corrected chi connectivity index (χ1v) is 10.7. The Balaban J connectivity index is 3.24. The maximum Gasteiger partial charge on any atom is 0.315 e. The molecule has 0 aliphatic carbocycles. The van der Waals surface area contributed by atoms with E-state index in [0.717, 1.165) is 12.8 Å². The molecule has 3 heteroatoms. The molecule has 0 N–H and O–H groups in total. The molecule has 0 aromatic rings. The highest BCUT2D eigenvalue weighted by atomic mass is 16.5. The van der Waals surface area contributed by atoms with Crippen molar-refractivity contribution in [2.24, 2.45) is 5.92 Å². The van der Waals surface area contributed by atoms with Gasteiger partial charge in [-0.05, 0) is 13.3 Å². The second kappa shape index (κ2) is 17.9. The van der Waals surface area contributed by atoms with Gasteiger partial charge in [-0.25, -0.2) is 0 Å². The van der Waals surface area contributed by atoms with Crippen molar-refractivity contribution in [2.75, 3.05) is 7.11 Å². The molecule has 0 amide bonds. The SMILES string of the molecule is CCCCCCCCCCCCCCCCCC(=O)C(C)C(=O)OC. The summed E-state index contributed by atoms with van der Waals surface area (Å²) in [4.78, 5) is 23.0. The van der Waals surface area contributed by atoms with Crippen molar-refractivity contribution in [1.29, 1.82) is 0 Å². The van der Waals surface area contributed by atoms with Crippen molar-refractivity contribution in [3.8, 4) is 0 Å². The monoisotopic (exact) mass is 354 g/mol. The van der Waals surface area contributed by atoms with Gasteiger partial charge in [0.15, 0.2) is 0 Å². The molecule has 0 spiro atoms. The Morgan fingerprint density at radius 3 is 1.40 bits per heavy atom. The average molecular weight is 355 g/mol. The summed E-state index contributed by atoms with van der Waals surface area (Å²) in [5.41, 5.74) is 0. The van der Waals surface area contributed by atoms with E-state index in [9.17, 15) is 9.59 Å². The van der Waals surface area contributed by atoms with E-state index >= 15 is 0 Å². The smallest absolute Gasteiger partial charge is 0.315 e. The first-order valence-electron chi connectivity index (χ1n) is 10.7. The van der Waals surface area contributed by atoms with Gasteiger partial charge in [0.25, 0.3) is 0 Å². The van der Waals surface area contributed by atoms with Gasteiger partial charge in [0.1, 0.15) is 11.7 Å². The lowest BCUT2D eigenvalue weighted by Crippen LogP contribution is -2.22. The van der Waals surface area contributed by atoms with E-state index in [4.69, 9.17) is 0 Å². The predicted molar refractivity (Wildman–Crippen MR) is 106 cm³/mol. The van der Waals surface area contributed by atoms with Crippen molar-refractivity contribution in [1.82, 2.24) is 0 Å². The minimum Gasteiger partial charge on any atom is -0.468 e. The largest absolute Gasteiger partial charge is 0.468 e. The number of esters is 1. The molecule has 0 fully saturated rings. The molecule has 0 radical (unpaired) electrons. The van der Waals surface area contributed by atoms with Gasteiger partial charge in [-0.2, -0.15) is 0 Å². The molecular formula is C22H42O3. The fourth-order valence-electron chi connectivity index (χ4n) is 3.20. The number of rotatable bonds is 18. The molecule has 0 bridgehead atoms. The summed E-state index contributed by atoms with van der Waals surface area (Å²) in [6, 6.07) is 0. The van der Waals surface area contributed by atoms with Gasteiger partial charge in [-0.1, -0.05) is 96.8 Å². The molecular weight excluding hydrogens is 312 g/mol. The molecule has 0 aromatic heterocycles. The highest BCUT2D eigenvalue weighted by molar-refractivity contribution is 5.98. The molecule has 0 aliphatic rings. The van der Waals surface area contributed by atoms with Crippen LogP contribution in [-0.4, -0.2) is 18.9 Å². The topological polar surface area (TPSA) is 43.4 Å². The average Bonchev–Trinajstić information content (AvgIpc) is 2.63. The lowest BCUT2D eigenvalue weighted by molar-refractivity contribution is -0.148. The third-order valence-electron chi connectivity index (χ3n) is 5.06. The van der Waals surface area contributed by atoms with E-state index in [2.05, 4.69) is 11.7 Å². The Kier molecular flexibility index (Phi) is 17.3. The van der Waals surface area contributed by atoms with Crippen LogP contribution in [0.2, 0.25) is 0 Å². The van der Waals surface area contributed by atoms with Crippen molar-refractivity contribution in [3.05, 3.63) is 0 Å². The summed E-state index contributed by atoms with van der Waals surface area (Å²) < 4.78 is 4.60. The van der Waals surface area contributed by atoms with Gasteiger partial charge in [0, 0.05) is 6.42 Å². The highest BCUT2D eigenvalue weighted by Crippen LogP contribution is 2.14. The van der Waals surface area contributed by atoms with Crippen LogP contribution in [0.1, 0.15) is 117 Å². The number of hydrogen-bond acceptors (Lipinski definition) is 3. The number of unbranched alkanes of at least 4 members (excludes halogenated alkanes) is 14. The van der Waals surface area contributed by atoms with Gasteiger partial charge >= 0.3 is 5.97 Å². The van der Waals surface area contributed by atoms with Crippen LogP contribution < -0.4 is 0 Å². The normalized spacial score (nSPS) is 12.1. The third-order valence-corrected chi connectivity index (χ3v) is 5.06. The first-order chi connectivity index (χ1) is 12.1. The quantitative estimate of drug-likeness (QED) is 0.158. The van der Waals surface area contributed by atoms with Gasteiger partial charge in [-0.15, -0.1) is 0 Å². The third kappa shape index (κ3) is 15.1. The van der Waals surface area contributed by atoms with Crippen molar-refractivity contribution in [3.63, 3.8) is 0 Å². The van der Waals surface area contributed by atoms with E-state index in [1.807, 2.05) is 0 Å². The number of carbonyl (C=O) groups excluding carboxylic acids is 2. The van der Waals surface area contributed by atoms with E-state index in [-0.39, 0.29) is 5.78 Å². The molecule has 1 unspecified atom stereocenters. The van der Waals surface area contributed by atoms with Crippen LogP contribution in [0.5, 0.6) is 0 Å². The number of Topliss-reactive ketones (excluding diaryl/α,β-unsaturated/α-hetero) is 1. The minimum absolute atomic E-state index is 0.0153. The lowest BCUT2D eigenvalue weighted by Gasteiger charge is -2.07. The molecule has 0 heterocycles. The lowest BCUT2D eigenvalue weighted by atomic mass is 10.00. The number of methoxy groups -OCH3 is 1. The van der Waals surface area contributed by atoms with E-state index in [0.29, 0.717) is 6.42 Å². The van der Waals surface area contributed by atoms with Crippen LogP contribution in [0.3, 0.4) is 0 Å². The standard InChI is InChI=1S/C22H42O3/c1-4-5-6-7-8-9-10-11-12-13-14-15-16-17-18-19-21(23)20(2)22(24)25-3/h20H,4-19H2,1-3H3. The first kappa shape index (κ1) is 24.1. The highest BCUT2D eigenvalue weighted by Gasteiger charge is 2.20. The van der Waals surface area contributed by atoms with Crippen molar-refractivity contribution >= 4 is 11.8 Å². The molecule has 148 valence electrons. The summed E-state index contributed by atoms with van der Waals surface area (Å²) in [5.74, 6) is -0.996. The number of ketones is 1. The fraction of sp³-hybridized carbons (Fsp3) is 0.909. The minimum atomic E-state index is -0.600. The van der Waals surface area contributed by atoms with Crippen LogP contribution in [-0.2, 0) is 14.3 Å². The zero-order valence-corrected chi connectivity index (χ0v) is 17.1. The fourth-order valence-corrected chi connectivity index (χ4v) is 3.20. The van der Waals surface area contributed by atoms with Crippen LogP contribution >= 0.6 is 0 Å². The van der Waals surface area contributed by atoms with Crippen LogP contribution in [0.25, 0.3) is 0 Å². The molecule has 3 nitrogen and oxygen atoms in total. The van der Waals surface area contributed by atoms with E-state index in [1.54, 1.807) is 6.92 Å². The van der Waals surface area contributed by atoms with Gasteiger partial charge < -0.3 is 4.74 Å². The summed E-state index contributed by atoms with van der Waals surface area (Å²) in [6.45, 7) is 3.91. The molecule has 0 aliphatic heterocycles. The van der Waals surface area contributed by atoms with Gasteiger partial charge in [0.2, 0.25) is 0 Å². The van der Waals surface area contributed by atoms with E-state index in [1.165, 1.54) is 90.6 Å². The maximum absolute atomic E-state index is 11.8. The summed E-state index contributed by atoms with van der Waals surface area (Å²) in [7, 11) is 1.33. The Hall–Kier alpha value is -0.860. The van der Waals surface area contributed by atoms with Crippen LogP contribution in [0.4, 0.5) is 0 Å². The molecule has 0 rings (SSSR count). The molecule has 0 saturated heterocycles. The molecule has 1 atom stereocenters. The zero-order valence-electron chi connectivity index (χ0n) is 17.1. The second-order valence-corrected chi connectivity index (χ2v) is 7.41. The van der Waals surface area contributed by atoms with Gasteiger partial charge in [-0.3, -0.25) is 9.59 Å². The predicted octanol–water partition coefficient (Wildman–Crippen LogP) is 6.63. The summed E-state index contributed by atoms with van der Waals surface area (Å²) in [5, 5.41) is 0. The Labute approximate surface area is 156 Å². The van der Waals surface area contributed by atoms with Crippen LogP contribution in [0, 0.1) is 5.92 Å². The second-order valence-electron chi connectivity index (χ2n) is 7.41. The Morgan fingerprint density at radius 2 is 1.04 bits per heavy atom. The van der Waals surface area contributed by atoms with Crippen molar-refractivity contribution in [2.45, 2.75) is 117 Å². The molecule has 0 saturated carbocycles. The summed E-state index contributed by atoms with van der Waals surface area (Å²) >= 11 is 0.